The van der Waals surface area contributed by atoms with Crippen LogP contribution in [0.5, 0.6) is 0 Å². The monoisotopic (exact) mass is 281 g/mol. The Balaban J connectivity index is 1.88. The average molecular weight is 281 g/mol. The molecule has 2 unspecified atom stereocenters. The number of carbonyl (C=O) groups excluding carboxylic acids is 1. The molecule has 4 nitrogen and oxygen atoms in total. The Bertz CT molecular complexity index is 432. The molecule has 2 heterocycles. The zero-order valence-corrected chi connectivity index (χ0v) is 12.7. The maximum atomic E-state index is 11.1. The van der Waals surface area contributed by atoms with Gasteiger partial charge in [-0.3, -0.25) is 4.79 Å². The lowest BCUT2D eigenvalue weighted by molar-refractivity contribution is -0.114. The highest BCUT2D eigenvalue weighted by atomic mass is 32.1. The number of piperidine rings is 1. The van der Waals surface area contributed by atoms with Crippen LogP contribution in [0.25, 0.3) is 0 Å². The second-order valence-electron chi connectivity index (χ2n) is 5.45. The fourth-order valence-electron chi connectivity index (χ4n) is 2.66. The van der Waals surface area contributed by atoms with Gasteiger partial charge in [-0.2, -0.15) is 0 Å². The Kier molecular flexibility index (Phi) is 4.96. The van der Waals surface area contributed by atoms with Crippen LogP contribution in [0.2, 0.25) is 0 Å². The van der Waals surface area contributed by atoms with Crippen LogP contribution in [-0.4, -0.2) is 37.0 Å². The molecule has 0 radical (unpaired) electrons. The van der Waals surface area contributed by atoms with E-state index in [1.807, 2.05) is 11.4 Å². The molecule has 0 spiro atoms. The first-order valence-electron chi connectivity index (χ1n) is 6.82. The van der Waals surface area contributed by atoms with E-state index in [0.717, 1.165) is 25.3 Å². The highest BCUT2D eigenvalue weighted by molar-refractivity contribution is 7.10. The Hall–Kier alpha value is -0.910. The van der Waals surface area contributed by atoms with Gasteiger partial charge in [0.05, 0.1) is 5.69 Å². The molecule has 1 aliphatic heterocycles. The van der Waals surface area contributed by atoms with Crippen LogP contribution >= 0.6 is 11.3 Å². The van der Waals surface area contributed by atoms with Crippen molar-refractivity contribution in [3.05, 3.63) is 16.3 Å². The standard InChI is InChI=1S/C14H23N3OS/c1-10-9-17(3)6-4-12(10)15-8-14-13(5-7-19-14)16-11(2)18/h5,7,10,12,15H,4,6,8-9H2,1-3H3,(H,16,18). The van der Waals surface area contributed by atoms with Crippen molar-refractivity contribution in [1.29, 1.82) is 0 Å². The van der Waals surface area contributed by atoms with Crippen LogP contribution in [0.1, 0.15) is 25.1 Å². The van der Waals surface area contributed by atoms with Crippen molar-refractivity contribution in [2.24, 2.45) is 5.92 Å². The first kappa shape index (κ1) is 14.5. The zero-order chi connectivity index (χ0) is 13.8. The van der Waals surface area contributed by atoms with Gasteiger partial charge in [-0.25, -0.2) is 0 Å². The van der Waals surface area contributed by atoms with E-state index in [1.165, 1.54) is 11.3 Å². The van der Waals surface area contributed by atoms with E-state index >= 15 is 0 Å². The summed E-state index contributed by atoms with van der Waals surface area (Å²) in [5.41, 5.74) is 0.950. The summed E-state index contributed by atoms with van der Waals surface area (Å²) in [6, 6.07) is 2.55. The van der Waals surface area contributed by atoms with Gasteiger partial charge in [-0.05, 0) is 37.4 Å². The van der Waals surface area contributed by atoms with Crippen molar-refractivity contribution in [3.8, 4) is 0 Å². The number of hydrogen-bond acceptors (Lipinski definition) is 4. The molecule has 1 aliphatic rings. The van der Waals surface area contributed by atoms with Gasteiger partial charge >= 0.3 is 0 Å². The summed E-state index contributed by atoms with van der Waals surface area (Å²) >= 11 is 1.69. The van der Waals surface area contributed by atoms with E-state index in [9.17, 15) is 4.79 Å². The molecule has 0 aliphatic carbocycles. The minimum absolute atomic E-state index is 0.00712. The van der Waals surface area contributed by atoms with Crippen molar-refractivity contribution >= 4 is 22.9 Å². The predicted octanol–water partition coefficient (Wildman–Crippen LogP) is 2.14. The molecule has 2 rings (SSSR count). The quantitative estimate of drug-likeness (QED) is 0.888. The van der Waals surface area contributed by atoms with Gasteiger partial charge in [-0.1, -0.05) is 6.92 Å². The molecule has 1 saturated heterocycles. The Morgan fingerprint density at radius 3 is 3.05 bits per heavy atom. The largest absolute Gasteiger partial charge is 0.325 e. The van der Waals surface area contributed by atoms with E-state index in [-0.39, 0.29) is 5.91 Å². The maximum absolute atomic E-state index is 11.1. The number of hydrogen-bond donors (Lipinski definition) is 2. The smallest absolute Gasteiger partial charge is 0.221 e. The predicted molar refractivity (Wildman–Crippen MR) is 80.5 cm³/mol. The molecule has 0 bridgehead atoms. The molecule has 1 amide bonds. The summed E-state index contributed by atoms with van der Waals surface area (Å²) in [6.45, 7) is 7.00. The van der Waals surface area contributed by atoms with Gasteiger partial charge in [0.1, 0.15) is 0 Å². The van der Waals surface area contributed by atoms with Crippen LogP contribution in [0.15, 0.2) is 11.4 Å². The lowest BCUT2D eigenvalue weighted by atomic mass is 9.94. The molecule has 106 valence electrons. The second-order valence-corrected chi connectivity index (χ2v) is 6.45. The molecular formula is C14H23N3OS. The first-order chi connectivity index (χ1) is 9.06. The van der Waals surface area contributed by atoms with Gasteiger partial charge in [0.25, 0.3) is 0 Å². The summed E-state index contributed by atoms with van der Waals surface area (Å²) in [6.07, 6.45) is 1.19. The minimum Gasteiger partial charge on any atom is -0.325 e. The Morgan fingerprint density at radius 1 is 1.58 bits per heavy atom. The van der Waals surface area contributed by atoms with Crippen molar-refractivity contribution in [3.63, 3.8) is 0 Å². The van der Waals surface area contributed by atoms with Crippen molar-refractivity contribution in [1.82, 2.24) is 10.2 Å². The number of thiophene rings is 1. The minimum atomic E-state index is -0.00712. The zero-order valence-electron chi connectivity index (χ0n) is 11.9. The maximum Gasteiger partial charge on any atom is 0.221 e. The molecule has 0 saturated carbocycles. The lowest BCUT2D eigenvalue weighted by Crippen LogP contribution is -2.46. The summed E-state index contributed by atoms with van der Waals surface area (Å²) in [4.78, 5) is 14.7. The Labute approximate surface area is 119 Å². The molecular weight excluding hydrogens is 258 g/mol. The van der Waals surface area contributed by atoms with Crippen LogP contribution < -0.4 is 10.6 Å². The molecule has 1 fully saturated rings. The van der Waals surface area contributed by atoms with Crippen LogP contribution in [0.3, 0.4) is 0 Å². The Morgan fingerprint density at radius 2 is 2.37 bits per heavy atom. The highest BCUT2D eigenvalue weighted by Gasteiger charge is 2.23. The van der Waals surface area contributed by atoms with Gasteiger partial charge < -0.3 is 15.5 Å². The third kappa shape index (κ3) is 4.03. The molecule has 1 aromatic rings. The normalized spacial score (nSPS) is 24.4. The van der Waals surface area contributed by atoms with Crippen molar-refractivity contribution < 1.29 is 4.79 Å². The molecule has 0 aromatic carbocycles. The van der Waals surface area contributed by atoms with Gasteiger partial charge in [0.2, 0.25) is 5.91 Å². The molecule has 2 atom stereocenters. The molecule has 5 heteroatoms. The summed E-state index contributed by atoms with van der Waals surface area (Å²) in [7, 11) is 2.18. The first-order valence-corrected chi connectivity index (χ1v) is 7.70. The highest BCUT2D eigenvalue weighted by Crippen LogP contribution is 2.23. The van der Waals surface area contributed by atoms with Gasteiger partial charge in [-0.15, -0.1) is 11.3 Å². The third-order valence-corrected chi connectivity index (χ3v) is 4.61. The number of likely N-dealkylation sites (tertiary alicyclic amines) is 1. The average Bonchev–Trinajstić information content (AvgIpc) is 2.74. The second kappa shape index (κ2) is 6.50. The fourth-order valence-corrected chi connectivity index (χ4v) is 3.44. The molecule has 19 heavy (non-hydrogen) atoms. The number of nitrogens with zero attached hydrogens (tertiary/aromatic N) is 1. The van der Waals surface area contributed by atoms with E-state index < -0.39 is 0 Å². The summed E-state index contributed by atoms with van der Waals surface area (Å²) < 4.78 is 0. The van der Waals surface area contributed by atoms with Crippen LogP contribution in [0, 0.1) is 5.92 Å². The third-order valence-electron chi connectivity index (χ3n) is 3.69. The topological polar surface area (TPSA) is 44.4 Å². The fraction of sp³-hybridized carbons (Fsp3) is 0.643. The van der Waals surface area contributed by atoms with Gasteiger partial charge in [0.15, 0.2) is 0 Å². The summed E-state index contributed by atoms with van der Waals surface area (Å²) in [5.74, 6) is 0.662. The van der Waals surface area contributed by atoms with Gasteiger partial charge in [0, 0.05) is 30.9 Å². The number of anilines is 1. The number of amides is 1. The SMILES string of the molecule is CC(=O)Nc1ccsc1CNC1CCN(C)CC1C. The van der Waals surface area contributed by atoms with Crippen LogP contribution in [0.4, 0.5) is 5.69 Å². The van der Waals surface area contributed by atoms with Crippen LogP contribution in [-0.2, 0) is 11.3 Å². The number of carbonyl (C=O) groups is 1. The van der Waals surface area contributed by atoms with E-state index in [4.69, 9.17) is 0 Å². The number of nitrogens with one attached hydrogen (secondary N) is 2. The van der Waals surface area contributed by atoms with E-state index in [0.29, 0.717) is 12.0 Å². The lowest BCUT2D eigenvalue weighted by Gasteiger charge is -2.35. The summed E-state index contributed by atoms with van der Waals surface area (Å²) in [5, 5.41) is 8.55. The molecule has 1 aromatic heterocycles. The molecule has 2 N–H and O–H groups in total. The van der Waals surface area contributed by atoms with E-state index in [2.05, 4.69) is 29.5 Å². The number of rotatable bonds is 4. The van der Waals surface area contributed by atoms with Crippen molar-refractivity contribution in [2.45, 2.75) is 32.9 Å². The van der Waals surface area contributed by atoms with Crippen molar-refractivity contribution in [2.75, 3.05) is 25.5 Å². The van der Waals surface area contributed by atoms with E-state index in [1.54, 1.807) is 18.3 Å².